The zero-order valence-corrected chi connectivity index (χ0v) is 13.2. The maximum atomic E-state index is 12.5. The molecule has 1 aromatic rings. The van der Waals surface area contributed by atoms with Crippen LogP contribution in [0.15, 0.2) is 66.4 Å². The lowest BCUT2D eigenvalue weighted by molar-refractivity contribution is 0.0854. The zero-order valence-electron chi connectivity index (χ0n) is 12.4. The van der Waals surface area contributed by atoms with E-state index in [1.54, 1.807) is 12.4 Å². The summed E-state index contributed by atoms with van der Waals surface area (Å²) in [6, 6.07) is 4.39. The lowest BCUT2D eigenvalue weighted by Crippen LogP contribution is -2.23. The predicted octanol–water partition coefficient (Wildman–Crippen LogP) is 4.50. The van der Waals surface area contributed by atoms with Crippen molar-refractivity contribution in [3.8, 4) is 5.75 Å². The molecule has 0 atom stereocenters. The van der Waals surface area contributed by atoms with Crippen LogP contribution in [0.5, 0.6) is 5.75 Å². The standard InChI is InChI=1S/C18H16ClNO3/c19-16-11-14(6-7-17(16)21)18(22)20-8-9-23-15(12-20)10-13-4-2-1-3-5-13/h1-2,4,6-9,11-12,21H,3,5,10H2. The summed E-state index contributed by atoms with van der Waals surface area (Å²) in [6.45, 7) is 0. The number of nitrogens with zero attached hydrogens (tertiary/aromatic N) is 1. The Labute approximate surface area is 139 Å². The average molecular weight is 330 g/mol. The van der Waals surface area contributed by atoms with E-state index in [0.29, 0.717) is 17.7 Å². The van der Waals surface area contributed by atoms with Crippen molar-refractivity contribution in [2.45, 2.75) is 19.3 Å². The van der Waals surface area contributed by atoms with E-state index in [0.717, 1.165) is 12.8 Å². The maximum absolute atomic E-state index is 12.5. The number of hydrogen-bond acceptors (Lipinski definition) is 3. The fourth-order valence-corrected chi connectivity index (χ4v) is 2.62. The van der Waals surface area contributed by atoms with E-state index >= 15 is 0 Å². The Balaban J connectivity index is 1.76. The van der Waals surface area contributed by atoms with E-state index in [4.69, 9.17) is 16.3 Å². The Morgan fingerprint density at radius 1 is 1.39 bits per heavy atom. The minimum absolute atomic E-state index is 0.0470. The summed E-state index contributed by atoms with van der Waals surface area (Å²) in [5.41, 5.74) is 1.67. The summed E-state index contributed by atoms with van der Waals surface area (Å²) in [5.74, 6) is 0.433. The van der Waals surface area contributed by atoms with Crippen LogP contribution >= 0.6 is 11.6 Å². The van der Waals surface area contributed by atoms with E-state index < -0.39 is 0 Å². The molecule has 0 spiro atoms. The van der Waals surface area contributed by atoms with Crippen LogP contribution in [-0.2, 0) is 4.74 Å². The highest BCUT2D eigenvalue weighted by molar-refractivity contribution is 6.32. The molecule has 1 amide bonds. The van der Waals surface area contributed by atoms with Crippen molar-refractivity contribution in [1.82, 2.24) is 4.90 Å². The second-order valence-electron chi connectivity index (χ2n) is 5.35. The van der Waals surface area contributed by atoms with Crippen molar-refractivity contribution in [3.05, 3.63) is 77.0 Å². The van der Waals surface area contributed by atoms with Gasteiger partial charge in [-0.3, -0.25) is 9.69 Å². The number of ether oxygens (including phenoxy) is 1. The van der Waals surface area contributed by atoms with E-state index in [1.807, 2.05) is 6.08 Å². The third-order valence-electron chi connectivity index (χ3n) is 3.65. The van der Waals surface area contributed by atoms with Gasteiger partial charge in [0, 0.05) is 18.2 Å². The summed E-state index contributed by atoms with van der Waals surface area (Å²) in [6.07, 6.45) is 13.7. The van der Waals surface area contributed by atoms with Gasteiger partial charge in [-0.25, -0.2) is 0 Å². The molecule has 23 heavy (non-hydrogen) atoms. The van der Waals surface area contributed by atoms with Gasteiger partial charge in [-0.2, -0.15) is 0 Å². The minimum Gasteiger partial charge on any atom is -0.506 e. The quantitative estimate of drug-likeness (QED) is 0.888. The molecule has 0 fully saturated rings. The number of carbonyl (C=O) groups excluding carboxylic acids is 1. The van der Waals surface area contributed by atoms with Gasteiger partial charge in [0.05, 0.1) is 11.2 Å². The van der Waals surface area contributed by atoms with Crippen LogP contribution in [0.4, 0.5) is 0 Å². The number of phenols is 1. The Kier molecular flexibility index (Phi) is 4.53. The maximum Gasteiger partial charge on any atom is 0.262 e. The van der Waals surface area contributed by atoms with Gasteiger partial charge in [0.1, 0.15) is 17.8 Å². The topological polar surface area (TPSA) is 49.8 Å². The number of halogens is 1. The molecule has 1 aliphatic carbocycles. The molecular formula is C18H16ClNO3. The van der Waals surface area contributed by atoms with Crippen LogP contribution in [0.1, 0.15) is 29.6 Å². The van der Waals surface area contributed by atoms with Gasteiger partial charge < -0.3 is 9.84 Å². The SMILES string of the molecule is O=C(c1ccc(O)c(Cl)c1)N1C=COC(CC2=CC=CCC2)=C1. The number of allylic oxidation sites excluding steroid dienone is 4. The van der Waals surface area contributed by atoms with Crippen molar-refractivity contribution in [2.75, 3.05) is 0 Å². The van der Waals surface area contributed by atoms with Gasteiger partial charge in [0.15, 0.2) is 0 Å². The number of phenolic OH excluding ortho intramolecular Hbond substituents is 1. The number of amides is 1. The van der Waals surface area contributed by atoms with Crippen LogP contribution in [0.2, 0.25) is 5.02 Å². The highest BCUT2D eigenvalue weighted by Crippen LogP contribution is 2.26. The molecule has 0 bridgehead atoms. The molecular weight excluding hydrogens is 314 g/mol. The average Bonchev–Trinajstić information content (AvgIpc) is 2.58. The number of hydrogen-bond donors (Lipinski definition) is 1. The first kappa shape index (κ1) is 15.4. The van der Waals surface area contributed by atoms with Gasteiger partial charge in [0.25, 0.3) is 5.91 Å². The molecule has 0 saturated carbocycles. The molecule has 0 radical (unpaired) electrons. The van der Waals surface area contributed by atoms with Gasteiger partial charge in [0.2, 0.25) is 0 Å². The first-order chi connectivity index (χ1) is 11.1. The molecule has 0 saturated heterocycles. The molecule has 1 N–H and O–H groups in total. The third kappa shape index (κ3) is 3.66. The Morgan fingerprint density at radius 3 is 3.00 bits per heavy atom. The van der Waals surface area contributed by atoms with Crippen molar-refractivity contribution in [1.29, 1.82) is 0 Å². The second-order valence-corrected chi connectivity index (χ2v) is 5.75. The van der Waals surface area contributed by atoms with Crippen LogP contribution < -0.4 is 0 Å². The van der Waals surface area contributed by atoms with Crippen molar-refractivity contribution in [3.63, 3.8) is 0 Å². The van der Waals surface area contributed by atoms with Gasteiger partial charge in [-0.15, -0.1) is 0 Å². The molecule has 1 aliphatic heterocycles. The molecule has 3 rings (SSSR count). The molecule has 2 aliphatic rings. The first-order valence-electron chi connectivity index (χ1n) is 7.33. The first-order valence-corrected chi connectivity index (χ1v) is 7.71. The number of benzene rings is 1. The summed E-state index contributed by atoms with van der Waals surface area (Å²) >= 11 is 5.86. The van der Waals surface area contributed by atoms with E-state index in [9.17, 15) is 9.90 Å². The van der Waals surface area contributed by atoms with Gasteiger partial charge in [-0.05, 0) is 31.0 Å². The van der Waals surface area contributed by atoms with Crippen LogP contribution in [0.25, 0.3) is 0 Å². The fraction of sp³-hybridized carbons (Fsp3) is 0.167. The minimum atomic E-state index is -0.235. The summed E-state index contributed by atoms with van der Waals surface area (Å²) in [5, 5.41) is 9.60. The number of rotatable bonds is 3. The smallest absolute Gasteiger partial charge is 0.262 e. The monoisotopic (exact) mass is 329 g/mol. The summed E-state index contributed by atoms with van der Waals surface area (Å²) < 4.78 is 5.50. The highest BCUT2D eigenvalue weighted by Gasteiger charge is 2.18. The van der Waals surface area contributed by atoms with Crippen LogP contribution in [-0.4, -0.2) is 15.9 Å². The van der Waals surface area contributed by atoms with Gasteiger partial charge in [-0.1, -0.05) is 35.4 Å². The van der Waals surface area contributed by atoms with Crippen LogP contribution in [0.3, 0.4) is 0 Å². The Morgan fingerprint density at radius 2 is 2.26 bits per heavy atom. The van der Waals surface area contributed by atoms with Crippen molar-refractivity contribution >= 4 is 17.5 Å². The number of carbonyl (C=O) groups is 1. The molecule has 0 aromatic heterocycles. The molecule has 0 unspecified atom stereocenters. The predicted molar refractivity (Wildman–Crippen MR) is 88.7 cm³/mol. The summed E-state index contributed by atoms with van der Waals surface area (Å²) in [7, 11) is 0. The molecule has 4 nitrogen and oxygen atoms in total. The van der Waals surface area contributed by atoms with Crippen LogP contribution in [0, 0.1) is 0 Å². The lowest BCUT2D eigenvalue weighted by atomic mass is 10.0. The molecule has 1 aromatic carbocycles. The molecule has 118 valence electrons. The van der Waals surface area contributed by atoms with Crippen molar-refractivity contribution in [2.24, 2.45) is 0 Å². The summed E-state index contributed by atoms with van der Waals surface area (Å²) in [4.78, 5) is 14.0. The van der Waals surface area contributed by atoms with Crippen molar-refractivity contribution < 1.29 is 14.6 Å². The van der Waals surface area contributed by atoms with E-state index in [2.05, 4.69) is 12.2 Å². The normalized spacial score (nSPS) is 16.7. The highest BCUT2D eigenvalue weighted by atomic mass is 35.5. The van der Waals surface area contributed by atoms with Gasteiger partial charge >= 0.3 is 0 Å². The lowest BCUT2D eigenvalue weighted by Gasteiger charge is -2.21. The number of aromatic hydroxyl groups is 1. The molecule has 1 heterocycles. The fourth-order valence-electron chi connectivity index (χ4n) is 2.44. The Hall–Kier alpha value is -2.46. The second kappa shape index (κ2) is 6.75. The molecule has 5 heteroatoms. The zero-order chi connectivity index (χ0) is 16.2. The van der Waals surface area contributed by atoms with E-state index in [1.165, 1.54) is 34.9 Å². The Bertz CT molecular complexity index is 747. The largest absolute Gasteiger partial charge is 0.506 e. The third-order valence-corrected chi connectivity index (χ3v) is 3.96. The van der Waals surface area contributed by atoms with E-state index in [-0.39, 0.29) is 16.7 Å².